The fourth-order valence-electron chi connectivity index (χ4n) is 4.83. The predicted molar refractivity (Wildman–Crippen MR) is 139 cm³/mol. The number of para-hydroxylation sites is 1. The Morgan fingerprint density at radius 2 is 1.86 bits per heavy atom. The Bertz CT molecular complexity index is 1350. The Morgan fingerprint density at radius 3 is 2.64 bits per heavy atom. The van der Waals surface area contributed by atoms with Crippen LogP contribution in [-0.4, -0.2) is 56.7 Å². The maximum absolute atomic E-state index is 13.7. The molecule has 1 aliphatic heterocycles. The van der Waals surface area contributed by atoms with Gasteiger partial charge in [0.25, 0.3) is 5.91 Å². The van der Waals surface area contributed by atoms with Gasteiger partial charge in [0.2, 0.25) is 0 Å². The lowest BCUT2D eigenvalue weighted by Crippen LogP contribution is -2.35. The van der Waals surface area contributed by atoms with Crippen molar-refractivity contribution >= 4 is 22.8 Å². The Hall–Kier alpha value is -3.81. The molecular formula is C28H31FN6O. The smallest absolute Gasteiger partial charge is 0.254 e. The summed E-state index contributed by atoms with van der Waals surface area (Å²) in [5.74, 6) is 1.35. The standard InChI is InChI=1S/C28H31FN6O/c1-3-9-20(2)25-31-26(24-19-30-35(27(24)32-25)23-12-5-4-6-13-23)33-14-8-15-34(17-16-33)28(36)21-10-7-11-22(29)18-21/h4-7,10-13,18-20H,3,8-9,14-17H2,1-2H3/t20-/m0/s1. The van der Waals surface area contributed by atoms with E-state index in [0.717, 1.165) is 54.2 Å². The van der Waals surface area contributed by atoms with Gasteiger partial charge in [-0.3, -0.25) is 4.79 Å². The van der Waals surface area contributed by atoms with E-state index in [2.05, 4.69) is 23.8 Å². The molecule has 1 saturated heterocycles. The molecule has 0 spiro atoms. The number of fused-ring (bicyclic) bond motifs is 1. The molecule has 2 aromatic heterocycles. The summed E-state index contributed by atoms with van der Waals surface area (Å²) in [5, 5.41) is 5.57. The molecule has 3 heterocycles. The topological polar surface area (TPSA) is 67.2 Å². The Kier molecular flexibility index (Phi) is 6.93. The number of aromatic nitrogens is 4. The van der Waals surface area contributed by atoms with E-state index >= 15 is 0 Å². The molecule has 7 nitrogen and oxygen atoms in total. The number of hydrogen-bond acceptors (Lipinski definition) is 5. The van der Waals surface area contributed by atoms with Crippen LogP contribution < -0.4 is 4.90 Å². The molecule has 1 aliphatic rings. The average molecular weight is 487 g/mol. The average Bonchev–Trinajstić information content (AvgIpc) is 3.18. The van der Waals surface area contributed by atoms with Gasteiger partial charge < -0.3 is 9.80 Å². The number of amides is 1. The second-order valence-corrected chi connectivity index (χ2v) is 9.37. The van der Waals surface area contributed by atoms with Crippen LogP contribution in [0.3, 0.4) is 0 Å². The van der Waals surface area contributed by atoms with Crippen molar-refractivity contribution in [3.05, 3.63) is 78.0 Å². The summed E-state index contributed by atoms with van der Waals surface area (Å²) in [6.45, 7) is 6.88. The zero-order chi connectivity index (χ0) is 25.1. The van der Waals surface area contributed by atoms with E-state index in [-0.39, 0.29) is 11.8 Å². The lowest BCUT2D eigenvalue weighted by Gasteiger charge is -2.24. The molecule has 1 atom stereocenters. The van der Waals surface area contributed by atoms with E-state index in [4.69, 9.17) is 9.97 Å². The van der Waals surface area contributed by atoms with Crippen molar-refractivity contribution < 1.29 is 9.18 Å². The van der Waals surface area contributed by atoms with Gasteiger partial charge in [-0.2, -0.15) is 5.10 Å². The first-order chi connectivity index (χ1) is 17.5. The van der Waals surface area contributed by atoms with E-state index in [9.17, 15) is 9.18 Å². The summed E-state index contributed by atoms with van der Waals surface area (Å²) in [5.41, 5.74) is 2.13. The van der Waals surface area contributed by atoms with Crippen molar-refractivity contribution in [3.8, 4) is 5.69 Å². The normalized spacial score (nSPS) is 15.2. The Labute approximate surface area is 210 Å². The van der Waals surface area contributed by atoms with Crippen molar-refractivity contribution in [3.63, 3.8) is 0 Å². The minimum atomic E-state index is -0.398. The summed E-state index contributed by atoms with van der Waals surface area (Å²) >= 11 is 0. The van der Waals surface area contributed by atoms with Gasteiger partial charge in [-0.15, -0.1) is 0 Å². The number of halogens is 1. The van der Waals surface area contributed by atoms with Crippen LogP contribution in [0.25, 0.3) is 16.7 Å². The molecular weight excluding hydrogens is 455 g/mol. The van der Waals surface area contributed by atoms with Gasteiger partial charge in [0.15, 0.2) is 5.65 Å². The van der Waals surface area contributed by atoms with E-state index in [1.165, 1.54) is 12.1 Å². The summed E-state index contributed by atoms with van der Waals surface area (Å²) in [6, 6.07) is 15.9. The minimum absolute atomic E-state index is 0.140. The maximum Gasteiger partial charge on any atom is 0.254 e. The predicted octanol–water partition coefficient (Wildman–Crippen LogP) is 5.21. The summed E-state index contributed by atoms with van der Waals surface area (Å²) in [4.78, 5) is 27.1. The van der Waals surface area contributed by atoms with Crippen molar-refractivity contribution in [1.29, 1.82) is 0 Å². The second kappa shape index (κ2) is 10.4. The number of hydrogen-bond donors (Lipinski definition) is 0. The molecule has 0 aliphatic carbocycles. The molecule has 2 aromatic carbocycles. The lowest BCUT2D eigenvalue weighted by molar-refractivity contribution is 0.0766. The number of benzene rings is 2. The van der Waals surface area contributed by atoms with Crippen LogP contribution in [0.4, 0.5) is 10.2 Å². The van der Waals surface area contributed by atoms with Crippen molar-refractivity contribution in [1.82, 2.24) is 24.6 Å². The second-order valence-electron chi connectivity index (χ2n) is 9.37. The largest absolute Gasteiger partial charge is 0.354 e. The molecule has 0 radical (unpaired) electrons. The molecule has 1 amide bonds. The van der Waals surface area contributed by atoms with Crippen LogP contribution in [0.2, 0.25) is 0 Å². The van der Waals surface area contributed by atoms with Gasteiger partial charge in [0.1, 0.15) is 17.5 Å². The highest BCUT2D eigenvalue weighted by Gasteiger charge is 2.25. The molecule has 0 saturated carbocycles. The maximum atomic E-state index is 13.7. The van der Waals surface area contributed by atoms with Gasteiger partial charge >= 0.3 is 0 Å². The number of carbonyl (C=O) groups excluding carboxylic acids is 1. The monoisotopic (exact) mass is 486 g/mol. The highest BCUT2D eigenvalue weighted by atomic mass is 19.1. The number of nitrogens with zero attached hydrogens (tertiary/aromatic N) is 6. The quantitative estimate of drug-likeness (QED) is 0.374. The molecule has 0 unspecified atom stereocenters. The van der Waals surface area contributed by atoms with E-state index in [1.807, 2.05) is 41.2 Å². The first kappa shape index (κ1) is 23.9. The van der Waals surface area contributed by atoms with Crippen molar-refractivity contribution in [2.75, 3.05) is 31.1 Å². The van der Waals surface area contributed by atoms with Crippen LogP contribution in [0.1, 0.15) is 55.2 Å². The van der Waals surface area contributed by atoms with Crippen LogP contribution in [0, 0.1) is 5.82 Å². The Morgan fingerprint density at radius 1 is 1.03 bits per heavy atom. The first-order valence-electron chi connectivity index (χ1n) is 12.7. The SMILES string of the molecule is CCC[C@H](C)c1nc(N2CCCN(C(=O)c3cccc(F)c3)CC2)c2cnn(-c3ccccc3)c2n1. The fourth-order valence-corrected chi connectivity index (χ4v) is 4.83. The number of rotatable bonds is 6. The van der Waals surface area contributed by atoms with Crippen LogP contribution in [-0.2, 0) is 0 Å². The third-order valence-corrected chi connectivity index (χ3v) is 6.74. The molecule has 5 rings (SSSR count). The molecule has 8 heteroatoms. The highest BCUT2D eigenvalue weighted by molar-refractivity contribution is 5.94. The zero-order valence-electron chi connectivity index (χ0n) is 20.8. The van der Waals surface area contributed by atoms with Gasteiger partial charge in [-0.05, 0) is 43.2 Å². The third-order valence-electron chi connectivity index (χ3n) is 6.74. The van der Waals surface area contributed by atoms with Crippen LogP contribution in [0.15, 0.2) is 60.8 Å². The third kappa shape index (κ3) is 4.80. The van der Waals surface area contributed by atoms with E-state index < -0.39 is 5.82 Å². The number of carbonyl (C=O) groups is 1. The zero-order valence-corrected chi connectivity index (χ0v) is 20.8. The van der Waals surface area contributed by atoms with Gasteiger partial charge in [-0.25, -0.2) is 19.0 Å². The molecule has 186 valence electrons. The van der Waals surface area contributed by atoms with Crippen molar-refractivity contribution in [2.45, 2.75) is 39.0 Å². The lowest BCUT2D eigenvalue weighted by atomic mass is 10.1. The minimum Gasteiger partial charge on any atom is -0.354 e. The van der Waals surface area contributed by atoms with Gasteiger partial charge in [0, 0.05) is 37.7 Å². The van der Waals surface area contributed by atoms with Crippen molar-refractivity contribution in [2.24, 2.45) is 0 Å². The van der Waals surface area contributed by atoms with Gasteiger partial charge in [0.05, 0.1) is 17.3 Å². The number of anilines is 1. The van der Waals surface area contributed by atoms with Crippen LogP contribution in [0.5, 0.6) is 0 Å². The molecule has 36 heavy (non-hydrogen) atoms. The van der Waals surface area contributed by atoms with Gasteiger partial charge in [-0.1, -0.05) is 44.5 Å². The molecule has 0 bridgehead atoms. The fraction of sp³-hybridized carbons (Fsp3) is 0.357. The summed E-state index contributed by atoms with van der Waals surface area (Å²) in [7, 11) is 0. The molecule has 4 aromatic rings. The first-order valence-corrected chi connectivity index (χ1v) is 12.7. The highest BCUT2D eigenvalue weighted by Crippen LogP contribution is 2.30. The molecule has 0 N–H and O–H groups in total. The molecule has 1 fully saturated rings. The Balaban J connectivity index is 1.48. The summed E-state index contributed by atoms with van der Waals surface area (Å²) in [6.07, 6.45) is 4.68. The van der Waals surface area contributed by atoms with E-state index in [1.54, 1.807) is 17.0 Å². The van der Waals surface area contributed by atoms with Crippen LogP contribution >= 0.6 is 0 Å². The van der Waals surface area contributed by atoms with E-state index in [0.29, 0.717) is 25.2 Å². The summed E-state index contributed by atoms with van der Waals surface area (Å²) < 4.78 is 15.6.